The highest BCUT2D eigenvalue weighted by Crippen LogP contribution is 2.21. The van der Waals surface area contributed by atoms with Crippen LogP contribution in [0.2, 0.25) is 5.02 Å². The highest BCUT2D eigenvalue weighted by molar-refractivity contribution is 6.32. The highest BCUT2D eigenvalue weighted by atomic mass is 35.5. The molecule has 0 aliphatic heterocycles. The normalized spacial score (nSPS) is 10.6. The second-order valence-electron chi connectivity index (χ2n) is 3.23. The van der Waals surface area contributed by atoms with E-state index in [4.69, 9.17) is 11.6 Å². The zero-order valence-corrected chi connectivity index (χ0v) is 9.56. The van der Waals surface area contributed by atoms with Crippen LogP contribution in [0, 0.1) is 6.92 Å². The number of carbonyl (C=O) groups is 1. The van der Waals surface area contributed by atoms with Crippen LogP contribution in [0.1, 0.15) is 31.7 Å². The van der Waals surface area contributed by atoms with Gasteiger partial charge in [-0.15, -0.1) is 0 Å². The van der Waals surface area contributed by atoms with Gasteiger partial charge in [0.25, 0.3) is 0 Å². The van der Waals surface area contributed by atoms with Crippen molar-refractivity contribution in [3.63, 3.8) is 0 Å². The molecule has 0 atom stereocenters. The Morgan fingerprint density at radius 2 is 2.14 bits per heavy atom. The summed E-state index contributed by atoms with van der Waals surface area (Å²) in [6, 6.07) is 0. The first-order chi connectivity index (χ1) is 6.60. The smallest absolute Gasteiger partial charge is 0.138 e. The molecule has 1 aromatic rings. The average molecular weight is 215 g/mol. The van der Waals surface area contributed by atoms with Gasteiger partial charge in [-0.2, -0.15) is 5.10 Å². The van der Waals surface area contributed by atoms with Gasteiger partial charge in [0.15, 0.2) is 0 Å². The van der Waals surface area contributed by atoms with Crippen LogP contribution in [0.5, 0.6) is 0 Å². The largest absolute Gasteiger partial charge is 0.299 e. The summed E-state index contributed by atoms with van der Waals surface area (Å²) < 4.78 is 1.80. The second-order valence-corrected chi connectivity index (χ2v) is 3.61. The second kappa shape index (κ2) is 4.60. The molecule has 0 amide bonds. The topological polar surface area (TPSA) is 34.9 Å². The average Bonchev–Trinajstić information content (AvgIpc) is 2.45. The van der Waals surface area contributed by atoms with Crippen LogP contribution < -0.4 is 0 Å². The number of aryl methyl sites for hydroxylation is 2. The maximum atomic E-state index is 11.3. The molecule has 78 valence electrons. The fraction of sp³-hybridized carbons (Fsp3) is 0.600. The van der Waals surface area contributed by atoms with Gasteiger partial charge < -0.3 is 0 Å². The molecule has 4 heteroatoms. The monoisotopic (exact) mass is 214 g/mol. The van der Waals surface area contributed by atoms with Crippen molar-refractivity contribution >= 4 is 17.4 Å². The Kier molecular flexibility index (Phi) is 3.69. The van der Waals surface area contributed by atoms with Gasteiger partial charge in [0.05, 0.1) is 16.4 Å². The molecule has 3 nitrogen and oxygen atoms in total. The Labute approximate surface area is 89.1 Å². The first-order valence-electron chi connectivity index (χ1n) is 4.83. The van der Waals surface area contributed by atoms with Crippen molar-refractivity contribution < 1.29 is 4.79 Å². The lowest BCUT2D eigenvalue weighted by Gasteiger charge is -2.03. The third-order valence-electron chi connectivity index (χ3n) is 2.21. The summed E-state index contributed by atoms with van der Waals surface area (Å²) in [4.78, 5) is 11.3. The minimum atomic E-state index is 0.196. The Balaban J connectivity index is 2.99. The van der Waals surface area contributed by atoms with Gasteiger partial charge in [-0.25, -0.2) is 0 Å². The zero-order valence-electron chi connectivity index (χ0n) is 8.80. The number of carbonyl (C=O) groups excluding carboxylic acids is 1. The molecule has 0 radical (unpaired) electrons. The molecule has 0 N–H and O–H groups in total. The molecule has 0 bridgehead atoms. The number of nitrogens with zero attached hydrogens (tertiary/aromatic N) is 2. The highest BCUT2D eigenvalue weighted by Gasteiger charge is 2.14. The SMILES string of the molecule is CCC(=O)Cc1c(Cl)c(C)nn1CC. The molecule has 0 unspecified atom stereocenters. The molecule has 0 aliphatic carbocycles. The zero-order chi connectivity index (χ0) is 10.7. The Morgan fingerprint density at radius 1 is 1.50 bits per heavy atom. The predicted octanol–water partition coefficient (Wildman–Crippen LogP) is 2.39. The summed E-state index contributed by atoms with van der Waals surface area (Å²) in [5.41, 5.74) is 1.64. The molecular weight excluding hydrogens is 200 g/mol. The molecule has 0 saturated heterocycles. The molecule has 0 fully saturated rings. The fourth-order valence-corrected chi connectivity index (χ4v) is 1.55. The molecule has 0 spiro atoms. The number of aromatic nitrogens is 2. The lowest BCUT2D eigenvalue weighted by Crippen LogP contribution is -2.08. The minimum absolute atomic E-state index is 0.196. The van der Waals surface area contributed by atoms with E-state index in [1.165, 1.54) is 0 Å². The molecule has 1 rings (SSSR count). The molecule has 1 heterocycles. The van der Waals surface area contributed by atoms with E-state index in [-0.39, 0.29) is 5.78 Å². The lowest BCUT2D eigenvalue weighted by atomic mass is 10.2. The van der Waals surface area contributed by atoms with Crippen molar-refractivity contribution in [3.8, 4) is 0 Å². The maximum absolute atomic E-state index is 11.3. The van der Waals surface area contributed by atoms with Crippen LogP contribution in [0.15, 0.2) is 0 Å². The first-order valence-corrected chi connectivity index (χ1v) is 5.21. The van der Waals surface area contributed by atoms with Gasteiger partial charge in [-0.1, -0.05) is 18.5 Å². The Hall–Kier alpha value is -0.830. The molecule has 0 aromatic carbocycles. The van der Waals surface area contributed by atoms with E-state index < -0.39 is 0 Å². The first kappa shape index (κ1) is 11.2. The van der Waals surface area contributed by atoms with Crippen molar-refractivity contribution in [2.75, 3.05) is 0 Å². The standard InChI is InChI=1S/C10H15ClN2O/c1-4-8(14)6-9-10(11)7(3)12-13(9)5-2/h4-6H2,1-3H3. The molecular formula is C10H15ClN2O. The number of rotatable bonds is 4. The summed E-state index contributed by atoms with van der Waals surface area (Å²) in [5, 5.41) is 4.88. The van der Waals surface area contributed by atoms with E-state index in [0.29, 0.717) is 17.9 Å². The number of halogens is 1. The number of hydrogen-bond acceptors (Lipinski definition) is 2. The summed E-state index contributed by atoms with van der Waals surface area (Å²) in [7, 11) is 0. The van der Waals surface area contributed by atoms with E-state index >= 15 is 0 Å². The van der Waals surface area contributed by atoms with Gasteiger partial charge in [0.2, 0.25) is 0 Å². The van der Waals surface area contributed by atoms with E-state index in [1.54, 1.807) is 4.68 Å². The third kappa shape index (κ3) is 2.15. The van der Waals surface area contributed by atoms with E-state index in [9.17, 15) is 4.79 Å². The van der Waals surface area contributed by atoms with Crippen molar-refractivity contribution in [3.05, 3.63) is 16.4 Å². The van der Waals surface area contributed by atoms with Crippen molar-refractivity contribution in [2.24, 2.45) is 0 Å². The summed E-state index contributed by atoms with van der Waals surface area (Å²) >= 11 is 6.06. The minimum Gasteiger partial charge on any atom is -0.299 e. The predicted molar refractivity (Wildman–Crippen MR) is 56.7 cm³/mol. The van der Waals surface area contributed by atoms with Crippen LogP contribution in [0.4, 0.5) is 0 Å². The van der Waals surface area contributed by atoms with Gasteiger partial charge in [0.1, 0.15) is 5.78 Å². The van der Waals surface area contributed by atoms with Gasteiger partial charge in [0, 0.05) is 19.4 Å². The van der Waals surface area contributed by atoms with Crippen LogP contribution >= 0.6 is 11.6 Å². The summed E-state index contributed by atoms with van der Waals surface area (Å²) in [5.74, 6) is 0.196. The van der Waals surface area contributed by atoms with Gasteiger partial charge in [-0.3, -0.25) is 9.48 Å². The molecule has 14 heavy (non-hydrogen) atoms. The quantitative estimate of drug-likeness (QED) is 0.772. The van der Waals surface area contributed by atoms with Crippen molar-refractivity contribution in [1.29, 1.82) is 0 Å². The van der Waals surface area contributed by atoms with Gasteiger partial charge >= 0.3 is 0 Å². The van der Waals surface area contributed by atoms with E-state index in [0.717, 1.165) is 17.9 Å². The lowest BCUT2D eigenvalue weighted by molar-refractivity contribution is -0.118. The van der Waals surface area contributed by atoms with Crippen LogP contribution in [0.25, 0.3) is 0 Å². The summed E-state index contributed by atoms with van der Waals surface area (Å²) in [6.07, 6.45) is 0.939. The van der Waals surface area contributed by atoms with E-state index in [2.05, 4.69) is 5.10 Å². The van der Waals surface area contributed by atoms with E-state index in [1.807, 2.05) is 20.8 Å². The van der Waals surface area contributed by atoms with Crippen molar-refractivity contribution in [2.45, 2.75) is 40.2 Å². The Morgan fingerprint density at radius 3 is 2.64 bits per heavy atom. The van der Waals surface area contributed by atoms with Crippen LogP contribution in [-0.2, 0) is 17.8 Å². The fourth-order valence-electron chi connectivity index (χ4n) is 1.35. The maximum Gasteiger partial charge on any atom is 0.138 e. The third-order valence-corrected chi connectivity index (χ3v) is 2.70. The molecule has 0 saturated carbocycles. The van der Waals surface area contributed by atoms with Crippen molar-refractivity contribution in [1.82, 2.24) is 9.78 Å². The Bertz CT molecular complexity index is 344. The number of ketones is 1. The van der Waals surface area contributed by atoms with Gasteiger partial charge in [-0.05, 0) is 13.8 Å². The van der Waals surface area contributed by atoms with Crippen LogP contribution in [-0.4, -0.2) is 15.6 Å². The van der Waals surface area contributed by atoms with Crippen LogP contribution in [0.3, 0.4) is 0 Å². The summed E-state index contributed by atoms with van der Waals surface area (Å²) in [6.45, 7) is 6.45. The molecule has 0 aliphatic rings. The number of hydrogen-bond donors (Lipinski definition) is 0. The number of Topliss-reactive ketones (excluding diaryl/α,β-unsaturated/α-hetero) is 1. The molecule has 1 aromatic heterocycles.